The van der Waals surface area contributed by atoms with Crippen LogP contribution in [0, 0.1) is 5.41 Å². The smallest absolute Gasteiger partial charge is 0.251 e. The SMILES string of the molecule is CCC1(CNC(=O)c2ccc(N)c(OC)c2)CCC1. The van der Waals surface area contributed by atoms with Crippen molar-refractivity contribution in [1.29, 1.82) is 0 Å². The lowest BCUT2D eigenvalue weighted by Gasteiger charge is -2.41. The summed E-state index contributed by atoms with van der Waals surface area (Å²) in [6, 6.07) is 5.11. The van der Waals surface area contributed by atoms with Gasteiger partial charge in [-0.1, -0.05) is 13.3 Å². The second kappa shape index (κ2) is 5.51. The summed E-state index contributed by atoms with van der Waals surface area (Å²) in [4.78, 5) is 12.1. The van der Waals surface area contributed by atoms with Gasteiger partial charge in [0.2, 0.25) is 0 Å². The van der Waals surface area contributed by atoms with Crippen molar-refractivity contribution in [2.24, 2.45) is 5.41 Å². The van der Waals surface area contributed by atoms with Crippen molar-refractivity contribution in [3.63, 3.8) is 0 Å². The van der Waals surface area contributed by atoms with Crippen molar-refractivity contribution >= 4 is 11.6 Å². The van der Waals surface area contributed by atoms with Crippen LogP contribution in [0.3, 0.4) is 0 Å². The zero-order valence-electron chi connectivity index (χ0n) is 11.7. The maximum atomic E-state index is 12.1. The molecule has 1 aromatic rings. The molecule has 0 radical (unpaired) electrons. The van der Waals surface area contributed by atoms with Crippen LogP contribution in [0.15, 0.2) is 18.2 Å². The molecule has 1 saturated carbocycles. The van der Waals surface area contributed by atoms with Gasteiger partial charge in [-0.3, -0.25) is 4.79 Å². The Morgan fingerprint density at radius 1 is 1.47 bits per heavy atom. The normalized spacial score (nSPS) is 16.5. The molecule has 0 unspecified atom stereocenters. The van der Waals surface area contributed by atoms with Crippen molar-refractivity contribution in [1.82, 2.24) is 5.32 Å². The molecular weight excluding hydrogens is 240 g/mol. The second-order valence-corrected chi connectivity index (χ2v) is 5.35. The van der Waals surface area contributed by atoms with Crippen molar-refractivity contribution in [3.8, 4) is 5.75 Å². The van der Waals surface area contributed by atoms with Crippen LogP contribution in [0.25, 0.3) is 0 Å². The van der Waals surface area contributed by atoms with Crippen molar-refractivity contribution in [2.75, 3.05) is 19.4 Å². The summed E-state index contributed by atoms with van der Waals surface area (Å²) < 4.78 is 5.13. The van der Waals surface area contributed by atoms with E-state index in [-0.39, 0.29) is 5.91 Å². The van der Waals surface area contributed by atoms with Crippen LogP contribution in [0.1, 0.15) is 43.0 Å². The first kappa shape index (κ1) is 13.7. The fraction of sp³-hybridized carbons (Fsp3) is 0.533. The molecule has 4 heteroatoms. The van der Waals surface area contributed by atoms with Crippen LogP contribution in [-0.2, 0) is 0 Å². The first-order valence-electron chi connectivity index (χ1n) is 6.82. The van der Waals surface area contributed by atoms with Crippen LogP contribution < -0.4 is 15.8 Å². The highest BCUT2D eigenvalue weighted by Crippen LogP contribution is 2.43. The summed E-state index contributed by atoms with van der Waals surface area (Å²) in [5.41, 5.74) is 7.20. The number of nitrogen functional groups attached to an aromatic ring is 1. The number of nitrogens with two attached hydrogens (primary N) is 1. The van der Waals surface area contributed by atoms with Gasteiger partial charge in [0.1, 0.15) is 5.75 Å². The molecule has 3 N–H and O–H groups in total. The average molecular weight is 262 g/mol. The van der Waals surface area contributed by atoms with Gasteiger partial charge in [0.25, 0.3) is 5.91 Å². The monoisotopic (exact) mass is 262 g/mol. The Hall–Kier alpha value is -1.71. The Morgan fingerprint density at radius 2 is 2.21 bits per heavy atom. The van der Waals surface area contributed by atoms with Crippen molar-refractivity contribution < 1.29 is 9.53 Å². The predicted molar refractivity (Wildman–Crippen MR) is 76.3 cm³/mol. The fourth-order valence-corrected chi connectivity index (χ4v) is 2.55. The van der Waals surface area contributed by atoms with Crippen LogP contribution >= 0.6 is 0 Å². The molecular formula is C15H22N2O2. The third-order valence-corrected chi connectivity index (χ3v) is 4.28. The van der Waals surface area contributed by atoms with Gasteiger partial charge in [0.15, 0.2) is 0 Å². The summed E-state index contributed by atoms with van der Waals surface area (Å²) >= 11 is 0. The fourth-order valence-electron chi connectivity index (χ4n) is 2.55. The Bertz CT molecular complexity index is 462. The van der Waals surface area contributed by atoms with E-state index in [1.807, 2.05) is 0 Å². The second-order valence-electron chi connectivity index (χ2n) is 5.35. The van der Waals surface area contributed by atoms with E-state index in [1.165, 1.54) is 19.3 Å². The van der Waals surface area contributed by atoms with E-state index in [0.717, 1.165) is 13.0 Å². The standard InChI is InChI=1S/C15H22N2O2/c1-3-15(7-4-8-15)10-17-14(18)11-5-6-12(16)13(9-11)19-2/h5-6,9H,3-4,7-8,10,16H2,1-2H3,(H,17,18). The Labute approximate surface area is 114 Å². The van der Waals surface area contributed by atoms with Gasteiger partial charge in [0.05, 0.1) is 12.8 Å². The minimum atomic E-state index is -0.0574. The quantitative estimate of drug-likeness (QED) is 0.802. The maximum absolute atomic E-state index is 12.1. The summed E-state index contributed by atoms with van der Waals surface area (Å²) in [5.74, 6) is 0.486. The number of anilines is 1. The number of rotatable bonds is 5. The van der Waals surface area contributed by atoms with E-state index in [4.69, 9.17) is 10.5 Å². The van der Waals surface area contributed by atoms with Crippen LogP contribution in [-0.4, -0.2) is 19.6 Å². The number of hydrogen-bond acceptors (Lipinski definition) is 3. The van der Waals surface area contributed by atoms with Gasteiger partial charge in [-0.2, -0.15) is 0 Å². The number of methoxy groups -OCH3 is 1. The van der Waals surface area contributed by atoms with Gasteiger partial charge < -0.3 is 15.8 Å². The lowest BCUT2D eigenvalue weighted by molar-refractivity contribution is 0.0850. The number of ether oxygens (including phenoxy) is 1. The van der Waals surface area contributed by atoms with E-state index in [1.54, 1.807) is 25.3 Å². The van der Waals surface area contributed by atoms with Gasteiger partial charge in [-0.15, -0.1) is 0 Å². The molecule has 1 amide bonds. The molecule has 0 aromatic heterocycles. The molecule has 104 valence electrons. The van der Waals surface area contributed by atoms with E-state index >= 15 is 0 Å². The molecule has 1 aromatic carbocycles. The van der Waals surface area contributed by atoms with E-state index in [2.05, 4.69) is 12.2 Å². The van der Waals surface area contributed by atoms with Gasteiger partial charge in [-0.05, 0) is 42.9 Å². The summed E-state index contributed by atoms with van der Waals surface area (Å²) in [5, 5.41) is 3.03. The highest BCUT2D eigenvalue weighted by atomic mass is 16.5. The molecule has 0 aliphatic heterocycles. The van der Waals surface area contributed by atoms with Crippen LogP contribution in [0.5, 0.6) is 5.75 Å². The zero-order valence-corrected chi connectivity index (χ0v) is 11.7. The minimum absolute atomic E-state index is 0.0574. The Morgan fingerprint density at radius 3 is 2.74 bits per heavy atom. The Balaban J connectivity index is 2.00. The summed E-state index contributed by atoms with van der Waals surface area (Å²) in [6.45, 7) is 2.95. The Kier molecular flexibility index (Phi) is 3.98. The molecule has 0 bridgehead atoms. The van der Waals surface area contributed by atoms with Gasteiger partial charge in [0, 0.05) is 12.1 Å². The maximum Gasteiger partial charge on any atom is 0.251 e. The van der Waals surface area contributed by atoms with Crippen molar-refractivity contribution in [2.45, 2.75) is 32.6 Å². The van der Waals surface area contributed by atoms with Crippen LogP contribution in [0.4, 0.5) is 5.69 Å². The molecule has 1 fully saturated rings. The number of hydrogen-bond donors (Lipinski definition) is 2. The molecule has 0 saturated heterocycles. The lowest BCUT2D eigenvalue weighted by atomic mass is 9.67. The van der Waals surface area contributed by atoms with E-state index in [9.17, 15) is 4.79 Å². The number of benzene rings is 1. The van der Waals surface area contributed by atoms with E-state index in [0.29, 0.717) is 22.4 Å². The van der Waals surface area contributed by atoms with Gasteiger partial charge in [-0.25, -0.2) is 0 Å². The molecule has 0 heterocycles. The topological polar surface area (TPSA) is 64.4 Å². The third kappa shape index (κ3) is 2.83. The number of amides is 1. The molecule has 0 atom stereocenters. The molecule has 19 heavy (non-hydrogen) atoms. The lowest BCUT2D eigenvalue weighted by Crippen LogP contribution is -2.41. The van der Waals surface area contributed by atoms with Crippen molar-refractivity contribution in [3.05, 3.63) is 23.8 Å². The largest absolute Gasteiger partial charge is 0.495 e. The molecule has 4 nitrogen and oxygen atoms in total. The predicted octanol–water partition coefficient (Wildman–Crippen LogP) is 2.59. The zero-order chi connectivity index (χ0) is 13.9. The molecule has 2 rings (SSSR count). The third-order valence-electron chi connectivity index (χ3n) is 4.28. The molecule has 1 aliphatic carbocycles. The van der Waals surface area contributed by atoms with Gasteiger partial charge >= 0.3 is 0 Å². The highest BCUT2D eigenvalue weighted by Gasteiger charge is 2.35. The minimum Gasteiger partial charge on any atom is -0.495 e. The van der Waals surface area contributed by atoms with E-state index < -0.39 is 0 Å². The summed E-state index contributed by atoms with van der Waals surface area (Å²) in [7, 11) is 1.55. The number of carbonyl (C=O) groups is 1. The molecule has 0 spiro atoms. The number of nitrogens with one attached hydrogen (secondary N) is 1. The first-order valence-corrected chi connectivity index (χ1v) is 6.82. The molecule has 1 aliphatic rings. The van der Waals surface area contributed by atoms with Crippen LogP contribution in [0.2, 0.25) is 0 Å². The highest BCUT2D eigenvalue weighted by molar-refractivity contribution is 5.95. The first-order chi connectivity index (χ1) is 9.10. The number of carbonyl (C=O) groups excluding carboxylic acids is 1. The average Bonchev–Trinajstić information content (AvgIpc) is 2.38. The summed E-state index contributed by atoms with van der Waals surface area (Å²) in [6.07, 6.45) is 4.83.